The maximum Gasteiger partial charge on any atom is 0.416 e. The van der Waals surface area contributed by atoms with Gasteiger partial charge in [0.05, 0.1) is 23.1 Å². The Morgan fingerprint density at radius 3 is 2.71 bits per heavy atom. The summed E-state index contributed by atoms with van der Waals surface area (Å²) in [6.07, 6.45) is -4.43. The summed E-state index contributed by atoms with van der Waals surface area (Å²) in [7, 11) is 1.50. The Morgan fingerprint density at radius 1 is 1.33 bits per heavy atom. The summed E-state index contributed by atoms with van der Waals surface area (Å²) in [6.45, 7) is 1.61. The highest BCUT2D eigenvalue weighted by atomic mass is 19.4. The number of carbonyl (C=O) groups is 1. The summed E-state index contributed by atoms with van der Waals surface area (Å²) >= 11 is 0. The van der Waals surface area contributed by atoms with Crippen LogP contribution < -0.4 is 0 Å². The van der Waals surface area contributed by atoms with Gasteiger partial charge in [-0.1, -0.05) is 0 Å². The van der Waals surface area contributed by atoms with Gasteiger partial charge in [0.15, 0.2) is 0 Å². The molecule has 0 aliphatic heterocycles. The molecule has 0 spiro atoms. The minimum absolute atomic E-state index is 0.0519. The van der Waals surface area contributed by atoms with Crippen molar-refractivity contribution in [3.63, 3.8) is 0 Å². The van der Waals surface area contributed by atoms with Crippen LogP contribution in [0.5, 0.6) is 0 Å². The lowest BCUT2D eigenvalue weighted by Crippen LogP contribution is -2.27. The van der Waals surface area contributed by atoms with Gasteiger partial charge in [-0.2, -0.15) is 13.2 Å². The Bertz CT molecular complexity index is 899. The fraction of sp³-hybridized carbons (Fsp3) is 0.286. The molecule has 24 heavy (non-hydrogen) atoms. The Morgan fingerprint density at radius 2 is 2.08 bits per heavy atom. The van der Waals surface area contributed by atoms with Crippen LogP contribution in [0.25, 0.3) is 11.0 Å². The lowest BCUT2D eigenvalue weighted by molar-refractivity contribution is -0.137. The standard InChI is InChI=1S/C14H12F3N5O2/c1-7-20-21-12(24-7)13(23)22(2)6-11-18-9-4-3-8(14(15,16)17)5-10(9)19-11/h3-5H,6H2,1-2H3,(H,18,19). The average Bonchev–Trinajstić information content (AvgIpc) is 3.10. The van der Waals surface area contributed by atoms with Crippen molar-refractivity contribution in [3.05, 3.63) is 41.4 Å². The van der Waals surface area contributed by atoms with Gasteiger partial charge in [0.1, 0.15) is 5.82 Å². The second-order valence-electron chi connectivity index (χ2n) is 5.20. The summed E-state index contributed by atoms with van der Waals surface area (Å²) in [5.41, 5.74) is -0.141. The van der Waals surface area contributed by atoms with E-state index in [9.17, 15) is 18.0 Å². The molecule has 1 amide bonds. The molecular formula is C14H12F3N5O2. The summed E-state index contributed by atoms with van der Waals surface area (Å²) in [5.74, 6) is -0.0657. The van der Waals surface area contributed by atoms with Crippen LogP contribution in [-0.4, -0.2) is 38.0 Å². The SMILES string of the molecule is Cc1nnc(C(=O)N(C)Cc2nc3ccc(C(F)(F)F)cc3[nH]2)o1. The smallest absolute Gasteiger partial charge is 0.416 e. The number of imidazole rings is 1. The molecule has 0 fully saturated rings. The molecule has 0 bridgehead atoms. The van der Waals surface area contributed by atoms with Gasteiger partial charge in [-0.05, 0) is 18.2 Å². The highest BCUT2D eigenvalue weighted by molar-refractivity contribution is 5.89. The third-order valence-electron chi connectivity index (χ3n) is 3.30. The number of hydrogen-bond donors (Lipinski definition) is 1. The van der Waals surface area contributed by atoms with Crippen molar-refractivity contribution in [3.8, 4) is 0 Å². The number of amides is 1. The van der Waals surface area contributed by atoms with E-state index in [0.717, 1.165) is 12.1 Å². The molecule has 7 nitrogen and oxygen atoms in total. The van der Waals surface area contributed by atoms with Gasteiger partial charge in [-0.15, -0.1) is 10.2 Å². The van der Waals surface area contributed by atoms with Crippen molar-refractivity contribution < 1.29 is 22.4 Å². The zero-order valence-electron chi connectivity index (χ0n) is 12.7. The van der Waals surface area contributed by atoms with Crippen molar-refractivity contribution in [2.45, 2.75) is 19.6 Å². The van der Waals surface area contributed by atoms with E-state index in [2.05, 4.69) is 20.2 Å². The van der Waals surface area contributed by atoms with Gasteiger partial charge in [-0.3, -0.25) is 4.79 Å². The van der Waals surface area contributed by atoms with Crippen LogP contribution >= 0.6 is 0 Å². The Labute approximate surface area is 133 Å². The van der Waals surface area contributed by atoms with Crippen molar-refractivity contribution in [2.75, 3.05) is 7.05 Å². The van der Waals surface area contributed by atoms with E-state index in [1.165, 1.54) is 18.0 Å². The first-order valence-corrected chi connectivity index (χ1v) is 6.85. The highest BCUT2D eigenvalue weighted by Gasteiger charge is 2.30. The number of aromatic nitrogens is 4. The number of hydrogen-bond acceptors (Lipinski definition) is 5. The second kappa shape index (κ2) is 5.62. The first kappa shape index (κ1) is 16.0. The number of benzene rings is 1. The van der Waals surface area contributed by atoms with Crippen LogP contribution in [0.4, 0.5) is 13.2 Å². The fourth-order valence-electron chi connectivity index (χ4n) is 2.16. The van der Waals surface area contributed by atoms with Gasteiger partial charge in [0, 0.05) is 14.0 Å². The third kappa shape index (κ3) is 3.07. The predicted octanol–water partition coefficient (Wildman–Crippen LogP) is 2.55. The maximum absolute atomic E-state index is 12.7. The number of aryl methyl sites for hydroxylation is 1. The number of nitrogens with zero attached hydrogens (tertiary/aromatic N) is 4. The van der Waals surface area contributed by atoms with E-state index >= 15 is 0 Å². The molecule has 2 heterocycles. The molecular weight excluding hydrogens is 327 g/mol. The van der Waals surface area contributed by atoms with E-state index < -0.39 is 17.6 Å². The van der Waals surface area contributed by atoms with Crippen LogP contribution in [0.3, 0.4) is 0 Å². The molecule has 0 aliphatic carbocycles. The molecule has 2 aromatic heterocycles. The molecule has 0 aliphatic rings. The van der Waals surface area contributed by atoms with Gasteiger partial charge in [0.2, 0.25) is 5.89 Å². The molecule has 10 heteroatoms. The molecule has 0 saturated heterocycles. The Kier molecular flexibility index (Phi) is 3.74. The molecule has 3 rings (SSSR count). The number of aromatic amines is 1. The lowest BCUT2D eigenvalue weighted by Gasteiger charge is -2.12. The van der Waals surface area contributed by atoms with Crippen molar-refractivity contribution in [1.82, 2.24) is 25.1 Å². The van der Waals surface area contributed by atoms with Crippen LogP contribution in [0, 0.1) is 6.92 Å². The zero-order valence-corrected chi connectivity index (χ0v) is 12.7. The summed E-state index contributed by atoms with van der Waals surface area (Å²) in [5, 5.41) is 7.20. The number of halogens is 3. The molecule has 0 unspecified atom stereocenters. The molecule has 1 aromatic carbocycles. The number of H-pyrrole nitrogens is 1. The second-order valence-corrected chi connectivity index (χ2v) is 5.20. The first-order valence-electron chi connectivity index (χ1n) is 6.85. The molecule has 0 saturated carbocycles. The summed E-state index contributed by atoms with van der Waals surface area (Å²) in [4.78, 5) is 20.3. The zero-order chi connectivity index (χ0) is 17.5. The minimum Gasteiger partial charge on any atom is -0.417 e. The fourth-order valence-corrected chi connectivity index (χ4v) is 2.16. The van der Waals surface area contributed by atoms with Gasteiger partial charge < -0.3 is 14.3 Å². The van der Waals surface area contributed by atoms with Crippen LogP contribution in [0.2, 0.25) is 0 Å². The molecule has 3 aromatic rings. The summed E-state index contributed by atoms with van der Waals surface area (Å²) < 4.78 is 43.2. The van der Waals surface area contributed by atoms with E-state index in [1.54, 1.807) is 6.92 Å². The van der Waals surface area contributed by atoms with Gasteiger partial charge in [0.25, 0.3) is 0 Å². The quantitative estimate of drug-likeness (QED) is 0.792. The Balaban J connectivity index is 1.81. The third-order valence-corrected chi connectivity index (χ3v) is 3.30. The molecule has 0 atom stereocenters. The topological polar surface area (TPSA) is 87.9 Å². The number of nitrogens with one attached hydrogen (secondary N) is 1. The molecule has 1 N–H and O–H groups in total. The number of fused-ring (bicyclic) bond motifs is 1. The molecule has 0 radical (unpaired) electrons. The highest BCUT2D eigenvalue weighted by Crippen LogP contribution is 2.30. The number of carbonyl (C=O) groups excluding carboxylic acids is 1. The monoisotopic (exact) mass is 339 g/mol. The van der Waals surface area contributed by atoms with E-state index in [4.69, 9.17) is 4.42 Å². The largest absolute Gasteiger partial charge is 0.417 e. The van der Waals surface area contributed by atoms with E-state index in [1.807, 2.05) is 0 Å². The van der Waals surface area contributed by atoms with Crippen LogP contribution in [0.15, 0.2) is 22.6 Å². The minimum atomic E-state index is -4.43. The van der Waals surface area contributed by atoms with Crippen LogP contribution in [-0.2, 0) is 12.7 Å². The van der Waals surface area contributed by atoms with Gasteiger partial charge in [-0.25, -0.2) is 4.98 Å². The number of rotatable bonds is 3. The summed E-state index contributed by atoms with van der Waals surface area (Å²) in [6, 6.07) is 3.22. The first-order chi connectivity index (χ1) is 11.2. The maximum atomic E-state index is 12.7. The van der Waals surface area contributed by atoms with Crippen molar-refractivity contribution >= 4 is 16.9 Å². The van der Waals surface area contributed by atoms with Crippen molar-refractivity contribution in [2.24, 2.45) is 0 Å². The van der Waals surface area contributed by atoms with Crippen LogP contribution in [0.1, 0.15) is 28.0 Å². The van der Waals surface area contributed by atoms with E-state index in [-0.39, 0.29) is 23.8 Å². The Hall–Kier alpha value is -2.91. The lowest BCUT2D eigenvalue weighted by atomic mass is 10.2. The average molecular weight is 339 g/mol. The number of alkyl halides is 3. The van der Waals surface area contributed by atoms with Crippen molar-refractivity contribution in [1.29, 1.82) is 0 Å². The van der Waals surface area contributed by atoms with E-state index in [0.29, 0.717) is 11.3 Å². The normalized spacial score (nSPS) is 11.9. The van der Waals surface area contributed by atoms with Gasteiger partial charge >= 0.3 is 18.0 Å². The predicted molar refractivity (Wildman–Crippen MR) is 75.9 cm³/mol. The molecule has 126 valence electrons.